The van der Waals surface area contributed by atoms with Crippen molar-refractivity contribution < 1.29 is 0 Å². The van der Waals surface area contributed by atoms with Gasteiger partial charge in [-0.05, 0) is 22.6 Å². The van der Waals surface area contributed by atoms with Gasteiger partial charge in [0.2, 0.25) is 0 Å². The van der Waals surface area contributed by atoms with Gasteiger partial charge in [0.05, 0.1) is 0 Å². The first-order valence-corrected chi connectivity index (χ1v) is 7.31. The second-order valence-corrected chi connectivity index (χ2v) is 5.76. The van der Waals surface area contributed by atoms with Crippen molar-refractivity contribution in [1.82, 2.24) is 0 Å². The van der Waals surface area contributed by atoms with Crippen LogP contribution in [-0.2, 0) is 0 Å². The lowest BCUT2D eigenvalue weighted by atomic mass is 9.89. The normalized spacial score (nSPS) is 11.4. The third kappa shape index (κ3) is 5.44. The van der Waals surface area contributed by atoms with Crippen LogP contribution in [0.15, 0.2) is 67.2 Å². The highest BCUT2D eigenvalue weighted by atomic mass is 14.1. The lowest BCUT2D eigenvalue weighted by molar-refractivity contribution is 0.737. The summed E-state index contributed by atoms with van der Waals surface area (Å²) in [4.78, 5) is 0. The van der Waals surface area contributed by atoms with Gasteiger partial charge in [0.25, 0.3) is 0 Å². The summed E-state index contributed by atoms with van der Waals surface area (Å²) in [6.07, 6.45) is 0. The van der Waals surface area contributed by atoms with Crippen LogP contribution in [0.4, 0.5) is 0 Å². The zero-order chi connectivity index (χ0) is 15.0. The van der Waals surface area contributed by atoms with E-state index >= 15 is 0 Å². The van der Waals surface area contributed by atoms with E-state index in [9.17, 15) is 0 Å². The van der Waals surface area contributed by atoms with Gasteiger partial charge in [0.15, 0.2) is 0 Å². The highest BCUT2D eigenvalue weighted by Crippen LogP contribution is 2.29. The molecule has 0 bridgehead atoms. The van der Waals surface area contributed by atoms with E-state index in [1.54, 1.807) is 0 Å². The van der Waals surface area contributed by atoms with Crippen molar-refractivity contribution in [3.8, 4) is 0 Å². The third-order valence-electron chi connectivity index (χ3n) is 2.97. The quantitative estimate of drug-likeness (QED) is 0.623. The van der Waals surface area contributed by atoms with Crippen LogP contribution in [0.3, 0.4) is 0 Å². The summed E-state index contributed by atoms with van der Waals surface area (Å²) in [5, 5.41) is 0. The molecule has 20 heavy (non-hydrogen) atoms. The Bertz CT molecular complexity index is 491. The molecule has 0 radical (unpaired) electrons. The Labute approximate surface area is 124 Å². The first kappa shape index (κ1) is 16.2. The molecule has 0 aliphatic rings. The molecule has 0 aliphatic heterocycles. The SMILES string of the molecule is C=C(c1ccccc1)C(C)c1ccccc1.CC(C)C. The fourth-order valence-corrected chi connectivity index (χ4v) is 1.85. The van der Waals surface area contributed by atoms with Gasteiger partial charge in [-0.2, -0.15) is 0 Å². The minimum absolute atomic E-state index is 0.364. The van der Waals surface area contributed by atoms with E-state index in [1.807, 2.05) is 12.1 Å². The van der Waals surface area contributed by atoms with E-state index in [1.165, 1.54) is 16.7 Å². The van der Waals surface area contributed by atoms with Crippen molar-refractivity contribution in [2.75, 3.05) is 0 Å². The van der Waals surface area contributed by atoms with Crippen molar-refractivity contribution >= 4 is 5.57 Å². The maximum absolute atomic E-state index is 4.20. The second kappa shape index (κ2) is 8.37. The third-order valence-corrected chi connectivity index (χ3v) is 2.97. The second-order valence-electron chi connectivity index (χ2n) is 5.76. The molecule has 0 saturated carbocycles. The van der Waals surface area contributed by atoms with Gasteiger partial charge in [-0.25, -0.2) is 0 Å². The molecular formula is C20H26. The molecular weight excluding hydrogens is 240 g/mol. The highest BCUT2D eigenvalue weighted by molar-refractivity contribution is 5.69. The van der Waals surface area contributed by atoms with Crippen molar-refractivity contribution in [1.29, 1.82) is 0 Å². The fourth-order valence-electron chi connectivity index (χ4n) is 1.85. The lowest BCUT2D eigenvalue weighted by Gasteiger charge is -2.15. The van der Waals surface area contributed by atoms with Gasteiger partial charge >= 0.3 is 0 Å². The average molecular weight is 266 g/mol. The molecule has 2 aromatic rings. The minimum Gasteiger partial charge on any atom is -0.0946 e. The van der Waals surface area contributed by atoms with Crippen LogP contribution < -0.4 is 0 Å². The van der Waals surface area contributed by atoms with Crippen LogP contribution in [0.2, 0.25) is 0 Å². The minimum atomic E-state index is 0.364. The summed E-state index contributed by atoms with van der Waals surface area (Å²) in [5.41, 5.74) is 3.71. The van der Waals surface area contributed by atoms with Crippen LogP contribution in [0.5, 0.6) is 0 Å². The molecule has 0 heteroatoms. The predicted octanol–water partition coefficient (Wildman–Crippen LogP) is 6.17. The molecule has 1 atom stereocenters. The molecule has 106 valence electrons. The summed E-state index contributed by atoms with van der Waals surface area (Å²) >= 11 is 0. The first-order chi connectivity index (χ1) is 9.52. The Morgan fingerprint density at radius 3 is 1.60 bits per heavy atom. The van der Waals surface area contributed by atoms with E-state index < -0.39 is 0 Å². The maximum atomic E-state index is 4.20. The van der Waals surface area contributed by atoms with E-state index in [4.69, 9.17) is 0 Å². The molecule has 0 spiro atoms. The highest BCUT2D eigenvalue weighted by Gasteiger charge is 2.10. The Morgan fingerprint density at radius 2 is 1.15 bits per heavy atom. The molecule has 0 aliphatic carbocycles. The van der Waals surface area contributed by atoms with E-state index in [2.05, 4.69) is 82.8 Å². The standard InChI is InChI=1S/C16H16.C4H10/c1-13(15-9-5-3-6-10-15)14(2)16-11-7-4-8-12-16;1-4(2)3/h3-12,14H,1H2,2H3;4H,1-3H3. The number of hydrogen-bond donors (Lipinski definition) is 0. The van der Waals surface area contributed by atoms with Crippen molar-refractivity contribution in [2.24, 2.45) is 5.92 Å². The van der Waals surface area contributed by atoms with Crippen LogP contribution in [0, 0.1) is 5.92 Å². The van der Waals surface area contributed by atoms with E-state index in [0.717, 1.165) is 5.92 Å². The number of hydrogen-bond acceptors (Lipinski definition) is 0. The zero-order valence-corrected chi connectivity index (χ0v) is 13.1. The fraction of sp³-hybridized carbons (Fsp3) is 0.300. The molecule has 0 heterocycles. The summed E-state index contributed by atoms with van der Waals surface area (Å²) in [6.45, 7) is 12.9. The summed E-state index contributed by atoms with van der Waals surface area (Å²) in [6, 6.07) is 20.9. The van der Waals surface area contributed by atoms with Gasteiger partial charge in [-0.3, -0.25) is 0 Å². The van der Waals surface area contributed by atoms with Gasteiger partial charge in [-0.1, -0.05) is 94.9 Å². The summed E-state index contributed by atoms with van der Waals surface area (Å²) in [7, 11) is 0. The van der Waals surface area contributed by atoms with Gasteiger partial charge in [-0.15, -0.1) is 0 Å². The number of allylic oxidation sites excluding steroid dienone is 1. The van der Waals surface area contributed by atoms with Gasteiger partial charge in [0.1, 0.15) is 0 Å². The largest absolute Gasteiger partial charge is 0.0946 e. The Kier molecular flexibility index (Phi) is 6.79. The first-order valence-electron chi connectivity index (χ1n) is 7.31. The Hall–Kier alpha value is -1.82. The molecule has 0 saturated heterocycles. The van der Waals surface area contributed by atoms with Crippen LogP contribution >= 0.6 is 0 Å². The molecule has 2 aromatic carbocycles. The average Bonchev–Trinajstić information content (AvgIpc) is 2.47. The molecule has 0 amide bonds. The summed E-state index contributed by atoms with van der Waals surface area (Å²) < 4.78 is 0. The number of benzene rings is 2. The van der Waals surface area contributed by atoms with Crippen molar-refractivity contribution in [3.63, 3.8) is 0 Å². The Morgan fingerprint density at radius 1 is 0.750 bits per heavy atom. The van der Waals surface area contributed by atoms with Gasteiger partial charge < -0.3 is 0 Å². The van der Waals surface area contributed by atoms with Crippen LogP contribution in [0.1, 0.15) is 44.7 Å². The molecule has 0 N–H and O–H groups in total. The van der Waals surface area contributed by atoms with Crippen LogP contribution in [-0.4, -0.2) is 0 Å². The molecule has 0 fully saturated rings. The lowest BCUT2D eigenvalue weighted by Crippen LogP contribution is -1.96. The predicted molar refractivity (Wildman–Crippen MR) is 90.8 cm³/mol. The number of rotatable bonds is 3. The molecule has 0 nitrogen and oxygen atoms in total. The smallest absolute Gasteiger partial charge is 0.00610 e. The van der Waals surface area contributed by atoms with E-state index in [0.29, 0.717) is 5.92 Å². The summed E-state index contributed by atoms with van der Waals surface area (Å²) in [5.74, 6) is 1.20. The van der Waals surface area contributed by atoms with Gasteiger partial charge in [0, 0.05) is 5.92 Å². The molecule has 0 aromatic heterocycles. The molecule has 2 rings (SSSR count). The molecule has 1 unspecified atom stereocenters. The Balaban J connectivity index is 0.000000444. The monoisotopic (exact) mass is 266 g/mol. The van der Waals surface area contributed by atoms with E-state index in [-0.39, 0.29) is 0 Å². The van der Waals surface area contributed by atoms with Crippen molar-refractivity contribution in [2.45, 2.75) is 33.6 Å². The topological polar surface area (TPSA) is 0 Å². The van der Waals surface area contributed by atoms with Crippen molar-refractivity contribution in [3.05, 3.63) is 78.4 Å². The van der Waals surface area contributed by atoms with Crippen LogP contribution in [0.25, 0.3) is 5.57 Å². The maximum Gasteiger partial charge on any atom is 0.00610 e. The zero-order valence-electron chi connectivity index (χ0n) is 13.1.